The summed E-state index contributed by atoms with van der Waals surface area (Å²) in [6, 6.07) is 8.65. The summed E-state index contributed by atoms with van der Waals surface area (Å²) in [7, 11) is 2.14. The number of nitrogens with one attached hydrogen (secondary N) is 1. The molecule has 4 aromatic rings. The van der Waals surface area contributed by atoms with Crippen LogP contribution in [0.1, 0.15) is 32.4 Å². The van der Waals surface area contributed by atoms with Gasteiger partial charge in [-0.1, -0.05) is 12.1 Å². The van der Waals surface area contributed by atoms with E-state index in [-0.39, 0.29) is 29.7 Å². The molecule has 0 aliphatic carbocycles. The number of benzene rings is 1. The van der Waals surface area contributed by atoms with Gasteiger partial charge < -0.3 is 15.1 Å². The molecular weight excluding hydrogens is 532 g/mol. The van der Waals surface area contributed by atoms with Crippen LogP contribution in [0.2, 0.25) is 0 Å². The molecule has 1 fully saturated rings. The fraction of sp³-hybridized carbons (Fsp3) is 0.333. The van der Waals surface area contributed by atoms with Gasteiger partial charge in [-0.3, -0.25) is 14.6 Å². The Morgan fingerprint density at radius 2 is 1.90 bits per heavy atom. The van der Waals surface area contributed by atoms with E-state index >= 15 is 0 Å². The zero-order valence-electron chi connectivity index (χ0n) is 24.5. The van der Waals surface area contributed by atoms with E-state index in [0.29, 0.717) is 16.9 Å². The first-order chi connectivity index (χ1) is 20.2. The van der Waals surface area contributed by atoms with Gasteiger partial charge in [0.1, 0.15) is 5.39 Å². The maximum absolute atomic E-state index is 13.3. The van der Waals surface area contributed by atoms with Gasteiger partial charge in [-0.25, -0.2) is 19.0 Å². The fourth-order valence-electron chi connectivity index (χ4n) is 4.99. The van der Waals surface area contributed by atoms with Gasteiger partial charge in [-0.15, -0.1) is 11.7 Å². The lowest BCUT2D eigenvalue weighted by Crippen LogP contribution is -2.43. The van der Waals surface area contributed by atoms with E-state index in [4.69, 9.17) is 4.98 Å². The topological polar surface area (TPSA) is 118 Å². The van der Waals surface area contributed by atoms with Crippen LogP contribution in [0.15, 0.2) is 69.5 Å². The molecule has 1 N–H and O–H groups in total. The van der Waals surface area contributed by atoms with E-state index < -0.39 is 0 Å². The molecule has 0 bridgehead atoms. The molecule has 1 aliphatic rings. The lowest BCUT2D eigenvalue weighted by Gasteiger charge is -2.34. The number of fused-ring (bicyclic) bond motifs is 1. The van der Waals surface area contributed by atoms with Gasteiger partial charge in [-0.05, 0) is 58.8 Å². The molecule has 1 aromatic carbocycles. The summed E-state index contributed by atoms with van der Waals surface area (Å²) in [5.41, 5.74) is 3.42. The van der Waals surface area contributed by atoms with Crippen LogP contribution in [-0.2, 0) is 6.54 Å². The molecular formula is C30H36N10O2. The van der Waals surface area contributed by atoms with Crippen LogP contribution in [0, 0.1) is 0 Å². The summed E-state index contributed by atoms with van der Waals surface area (Å²) in [6.45, 7) is 17.7. The van der Waals surface area contributed by atoms with Crippen LogP contribution in [-0.4, -0.2) is 78.9 Å². The molecule has 3 aromatic heterocycles. The van der Waals surface area contributed by atoms with Crippen LogP contribution in [0.4, 0.5) is 17.3 Å². The first-order valence-electron chi connectivity index (χ1n) is 13.9. The Bertz CT molecular complexity index is 1790. The van der Waals surface area contributed by atoms with E-state index in [9.17, 15) is 9.59 Å². The molecule has 1 aliphatic heterocycles. The maximum atomic E-state index is 13.3. The van der Waals surface area contributed by atoms with E-state index in [2.05, 4.69) is 63.5 Å². The number of hydrogen-bond acceptors (Lipinski definition) is 9. The second-order valence-electron chi connectivity index (χ2n) is 10.6. The quantitative estimate of drug-likeness (QED) is 0.240. The van der Waals surface area contributed by atoms with Crippen LogP contribution >= 0.6 is 0 Å². The van der Waals surface area contributed by atoms with Crippen molar-refractivity contribution in [2.45, 2.75) is 33.4 Å². The Morgan fingerprint density at radius 1 is 1.14 bits per heavy atom. The number of likely N-dealkylation sites (N-methyl/N-ethyl adjacent to an activating group) is 1. The number of anilines is 2. The predicted octanol–water partition coefficient (Wildman–Crippen LogP) is 3.59. The van der Waals surface area contributed by atoms with Crippen LogP contribution in [0.5, 0.6) is 0 Å². The van der Waals surface area contributed by atoms with E-state index in [1.165, 1.54) is 27.3 Å². The molecule has 1 saturated heterocycles. The number of nitrogens with zero attached hydrogens (tertiary/aromatic N) is 9. The van der Waals surface area contributed by atoms with E-state index in [1.807, 2.05) is 32.0 Å². The monoisotopic (exact) mass is 568 g/mol. The zero-order chi connectivity index (χ0) is 30.0. The Balaban J connectivity index is 1.50. The first-order valence-corrected chi connectivity index (χ1v) is 13.9. The van der Waals surface area contributed by atoms with Gasteiger partial charge in [0.2, 0.25) is 5.95 Å². The van der Waals surface area contributed by atoms with Crippen molar-refractivity contribution in [3.8, 4) is 5.82 Å². The minimum atomic E-state index is -0.287. The van der Waals surface area contributed by atoms with Gasteiger partial charge >= 0.3 is 0 Å². The predicted molar refractivity (Wildman–Crippen MR) is 167 cm³/mol. The zero-order valence-corrected chi connectivity index (χ0v) is 24.5. The van der Waals surface area contributed by atoms with E-state index in [0.717, 1.165) is 43.1 Å². The molecule has 12 heteroatoms. The number of aliphatic imine (C=N–C) groups is 1. The SMILES string of the molecule is C=CCn1c(=O)c2cnc(Nc3ccc(/C=C(\C)N4CCN(C)CC4)c(N=C)c3)nc2n1-c1ccc(=O)n(C(C)C)n1. The molecule has 5 rings (SSSR count). The minimum Gasteiger partial charge on any atom is -0.372 e. The third kappa shape index (κ3) is 5.66. The van der Waals surface area contributed by atoms with Crippen LogP contribution < -0.4 is 16.4 Å². The highest BCUT2D eigenvalue weighted by Crippen LogP contribution is 2.28. The Labute approximate surface area is 243 Å². The van der Waals surface area contributed by atoms with Crippen molar-refractivity contribution in [1.82, 2.24) is 38.9 Å². The number of piperazine rings is 1. The molecule has 4 heterocycles. The minimum absolute atomic E-state index is 0.165. The summed E-state index contributed by atoms with van der Waals surface area (Å²) in [6.07, 6.45) is 5.24. The molecule has 0 atom stereocenters. The van der Waals surface area contributed by atoms with Crippen molar-refractivity contribution in [2.24, 2.45) is 4.99 Å². The molecule has 12 nitrogen and oxygen atoms in total. The number of aromatic nitrogens is 6. The number of hydrogen-bond donors (Lipinski definition) is 1. The van der Waals surface area contributed by atoms with Gasteiger partial charge in [0.25, 0.3) is 11.1 Å². The highest BCUT2D eigenvalue weighted by molar-refractivity contribution is 5.78. The second kappa shape index (κ2) is 12.0. The molecule has 218 valence electrons. The molecule has 42 heavy (non-hydrogen) atoms. The van der Waals surface area contributed by atoms with E-state index in [1.54, 1.807) is 16.8 Å². The first kappa shape index (κ1) is 28.7. The van der Waals surface area contributed by atoms with Crippen LogP contribution in [0.3, 0.4) is 0 Å². The highest BCUT2D eigenvalue weighted by Gasteiger charge is 2.19. The third-order valence-corrected chi connectivity index (χ3v) is 7.32. The summed E-state index contributed by atoms with van der Waals surface area (Å²) in [5.74, 6) is 0.669. The summed E-state index contributed by atoms with van der Waals surface area (Å²) in [5, 5.41) is 8.07. The Kier molecular flexibility index (Phi) is 8.16. The second-order valence-corrected chi connectivity index (χ2v) is 10.6. The molecule has 0 radical (unpaired) electrons. The van der Waals surface area contributed by atoms with Crippen molar-refractivity contribution in [1.29, 1.82) is 0 Å². The molecule has 0 unspecified atom stereocenters. The lowest BCUT2D eigenvalue weighted by atomic mass is 10.1. The number of rotatable bonds is 9. The fourth-order valence-corrected chi connectivity index (χ4v) is 4.99. The van der Waals surface area contributed by atoms with Crippen molar-refractivity contribution in [3.63, 3.8) is 0 Å². The Morgan fingerprint density at radius 3 is 2.60 bits per heavy atom. The third-order valence-electron chi connectivity index (χ3n) is 7.32. The molecule has 0 amide bonds. The standard InChI is InChI=1S/C30H36N10O2/c1-7-12-38-29(42)24-19-32-30(34-28(24)40(38)26-10-11-27(41)39(35-26)20(2)3)33-23-9-8-22(25(18-23)31-5)17-21(4)37-15-13-36(6)14-16-37/h7-11,17-20H,1,5,12-16H2,2-4,6H3,(H,32,33,34)/b21-17+. The van der Waals surface area contributed by atoms with Crippen LogP contribution in [0.25, 0.3) is 22.9 Å². The normalized spacial score (nSPS) is 14.5. The highest BCUT2D eigenvalue weighted by atomic mass is 16.1. The van der Waals surface area contributed by atoms with Crippen molar-refractivity contribution in [3.05, 3.63) is 81.2 Å². The largest absolute Gasteiger partial charge is 0.372 e. The molecule has 0 spiro atoms. The van der Waals surface area contributed by atoms with Gasteiger partial charge in [-0.2, -0.15) is 4.98 Å². The summed E-state index contributed by atoms with van der Waals surface area (Å²) >= 11 is 0. The maximum Gasteiger partial charge on any atom is 0.278 e. The van der Waals surface area contributed by atoms with Gasteiger partial charge in [0, 0.05) is 55.4 Å². The average molecular weight is 569 g/mol. The van der Waals surface area contributed by atoms with Crippen molar-refractivity contribution < 1.29 is 0 Å². The van der Waals surface area contributed by atoms with Crippen molar-refractivity contribution >= 4 is 41.2 Å². The summed E-state index contributed by atoms with van der Waals surface area (Å²) in [4.78, 5) is 43.7. The average Bonchev–Trinajstić information content (AvgIpc) is 3.24. The molecule has 0 saturated carbocycles. The number of allylic oxidation sites excluding steroid dienone is 2. The van der Waals surface area contributed by atoms with Gasteiger partial charge in [0.05, 0.1) is 18.3 Å². The lowest BCUT2D eigenvalue weighted by molar-refractivity contribution is 0.187. The Hall–Kier alpha value is -4.84. The van der Waals surface area contributed by atoms with Crippen molar-refractivity contribution in [2.75, 3.05) is 38.5 Å². The summed E-state index contributed by atoms with van der Waals surface area (Å²) < 4.78 is 4.43. The van der Waals surface area contributed by atoms with Gasteiger partial charge in [0.15, 0.2) is 11.5 Å². The smallest absolute Gasteiger partial charge is 0.278 e.